The van der Waals surface area contributed by atoms with Gasteiger partial charge in [-0.1, -0.05) is 18.6 Å². The molecule has 2 atom stereocenters. The van der Waals surface area contributed by atoms with Gasteiger partial charge in [0.05, 0.1) is 24.1 Å². The Kier molecular flexibility index (Phi) is 5.15. The summed E-state index contributed by atoms with van der Waals surface area (Å²) in [6.07, 6.45) is 2.35. The molecule has 140 valence electrons. The lowest BCUT2D eigenvalue weighted by atomic mass is 9.81. The van der Waals surface area contributed by atoms with E-state index in [0.29, 0.717) is 30.9 Å². The van der Waals surface area contributed by atoms with Crippen LogP contribution >= 0.6 is 0 Å². The van der Waals surface area contributed by atoms with Gasteiger partial charge in [-0.15, -0.1) is 0 Å². The Labute approximate surface area is 152 Å². The van der Waals surface area contributed by atoms with Gasteiger partial charge in [0.1, 0.15) is 5.75 Å². The molecule has 7 nitrogen and oxygen atoms in total. The Morgan fingerprint density at radius 1 is 1.35 bits per heavy atom. The van der Waals surface area contributed by atoms with Gasteiger partial charge in [-0.3, -0.25) is 14.4 Å². The normalized spacial score (nSPS) is 24.2. The molecule has 26 heavy (non-hydrogen) atoms. The summed E-state index contributed by atoms with van der Waals surface area (Å²) >= 11 is 0. The first-order valence-electron chi connectivity index (χ1n) is 8.99. The topological polar surface area (TPSA) is 95.9 Å². The SMILES string of the molecule is CCOc1ccccc1C(=O)NCC(=O)N1C[C@@H]2CCC[C@@]2(C(=O)O)C1. The summed E-state index contributed by atoms with van der Waals surface area (Å²) in [7, 11) is 0. The van der Waals surface area contributed by atoms with Gasteiger partial charge >= 0.3 is 5.97 Å². The van der Waals surface area contributed by atoms with Crippen molar-refractivity contribution in [3.05, 3.63) is 29.8 Å². The zero-order chi connectivity index (χ0) is 18.7. The summed E-state index contributed by atoms with van der Waals surface area (Å²) < 4.78 is 5.43. The highest BCUT2D eigenvalue weighted by Crippen LogP contribution is 2.48. The monoisotopic (exact) mass is 360 g/mol. The zero-order valence-electron chi connectivity index (χ0n) is 14.9. The summed E-state index contributed by atoms with van der Waals surface area (Å²) in [4.78, 5) is 38.1. The number of carboxylic acid groups (broad SMARTS) is 1. The summed E-state index contributed by atoms with van der Waals surface area (Å²) in [5.74, 6) is -0.958. The quantitative estimate of drug-likeness (QED) is 0.802. The van der Waals surface area contributed by atoms with E-state index < -0.39 is 11.4 Å². The van der Waals surface area contributed by atoms with Crippen molar-refractivity contribution in [2.75, 3.05) is 26.2 Å². The zero-order valence-corrected chi connectivity index (χ0v) is 14.9. The Morgan fingerprint density at radius 3 is 2.81 bits per heavy atom. The molecule has 3 rings (SSSR count). The maximum absolute atomic E-state index is 12.5. The number of likely N-dealkylation sites (tertiary alicyclic amines) is 1. The number of hydrogen-bond donors (Lipinski definition) is 2. The van der Waals surface area contributed by atoms with Crippen LogP contribution in [0.2, 0.25) is 0 Å². The van der Waals surface area contributed by atoms with E-state index in [0.717, 1.165) is 12.8 Å². The second-order valence-corrected chi connectivity index (χ2v) is 6.94. The third-order valence-corrected chi connectivity index (χ3v) is 5.48. The first-order valence-corrected chi connectivity index (χ1v) is 8.99. The van der Waals surface area contributed by atoms with E-state index in [-0.39, 0.29) is 30.8 Å². The maximum atomic E-state index is 12.5. The van der Waals surface area contributed by atoms with Crippen LogP contribution in [0.25, 0.3) is 0 Å². The molecule has 1 saturated heterocycles. The molecule has 1 saturated carbocycles. The summed E-state index contributed by atoms with van der Waals surface area (Å²) in [5, 5.41) is 12.2. The minimum Gasteiger partial charge on any atom is -0.493 e. The van der Waals surface area contributed by atoms with Crippen LogP contribution in [-0.4, -0.2) is 54.0 Å². The summed E-state index contributed by atoms with van der Waals surface area (Å²) in [6.45, 7) is 2.81. The average molecular weight is 360 g/mol. The molecule has 1 aromatic rings. The Hall–Kier alpha value is -2.57. The van der Waals surface area contributed by atoms with Crippen molar-refractivity contribution in [2.24, 2.45) is 11.3 Å². The van der Waals surface area contributed by atoms with Crippen molar-refractivity contribution in [1.82, 2.24) is 10.2 Å². The molecule has 0 aromatic heterocycles. The van der Waals surface area contributed by atoms with E-state index in [2.05, 4.69) is 5.32 Å². The minimum atomic E-state index is -0.815. The van der Waals surface area contributed by atoms with Crippen LogP contribution in [0.5, 0.6) is 5.75 Å². The fourth-order valence-corrected chi connectivity index (χ4v) is 4.13. The molecule has 1 heterocycles. The van der Waals surface area contributed by atoms with Gasteiger partial charge in [0, 0.05) is 13.1 Å². The van der Waals surface area contributed by atoms with Crippen molar-refractivity contribution in [2.45, 2.75) is 26.2 Å². The lowest BCUT2D eigenvalue weighted by Gasteiger charge is -2.23. The fraction of sp³-hybridized carbons (Fsp3) is 0.526. The molecule has 2 fully saturated rings. The molecule has 7 heteroatoms. The van der Waals surface area contributed by atoms with Crippen molar-refractivity contribution in [3.63, 3.8) is 0 Å². The molecule has 2 N–H and O–H groups in total. The first-order chi connectivity index (χ1) is 12.5. The third-order valence-electron chi connectivity index (χ3n) is 5.48. The predicted molar refractivity (Wildman–Crippen MR) is 93.9 cm³/mol. The highest BCUT2D eigenvalue weighted by molar-refractivity contribution is 5.98. The van der Waals surface area contributed by atoms with E-state index in [9.17, 15) is 19.5 Å². The highest BCUT2D eigenvalue weighted by atomic mass is 16.5. The lowest BCUT2D eigenvalue weighted by molar-refractivity contribution is -0.149. The van der Waals surface area contributed by atoms with Crippen molar-refractivity contribution < 1.29 is 24.2 Å². The molecule has 1 aliphatic carbocycles. The van der Waals surface area contributed by atoms with E-state index >= 15 is 0 Å². The molecule has 2 amide bonds. The van der Waals surface area contributed by atoms with Crippen LogP contribution in [0.3, 0.4) is 0 Å². The van der Waals surface area contributed by atoms with E-state index in [1.54, 1.807) is 29.2 Å². The van der Waals surface area contributed by atoms with E-state index in [1.165, 1.54) is 0 Å². The van der Waals surface area contributed by atoms with Gasteiger partial charge in [0.25, 0.3) is 5.91 Å². The second-order valence-electron chi connectivity index (χ2n) is 6.94. The lowest BCUT2D eigenvalue weighted by Crippen LogP contribution is -2.41. The molecular formula is C19H24N2O5. The number of carbonyl (C=O) groups is 3. The number of amides is 2. The number of nitrogens with zero attached hydrogens (tertiary/aromatic N) is 1. The minimum absolute atomic E-state index is 0.0123. The molecule has 1 aromatic carbocycles. The number of carbonyl (C=O) groups excluding carboxylic acids is 2. The summed E-state index contributed by atoms with van der Waals surface area (Å²) in [6, 6.07) is 6.86. The molecule has 2 aliphatic rings. The standard InChI is InChI=1S/C19H24N2O5/c1-2-26-15-8-4-3-7-14(15)17(23)20-10-16(22)21-11-13-6-5-9-19(13,12-21)18(24)25/h3-4,7-8,13H,2,5-6,9-12H2,1H3,(H,20,23)(H,24,25)/t13-,19+/m0/s1. The predicted octanol–water partition coefficient (Wildman–Crippen LogP) is 1.53. The second kappa shape index (κ2) is 7.35. The Morgan fingerprint density at radius 2 is 2.12 bits per heavy atom. The number of nitrogens with one attached hydrogen (secondary N) is 1. The summed E-state index contributed by atoms with van der Waals surface area (Å²) in [5.41, 5.74) is -0.427. The van der Waals surface area contributed by atoms with Gasteiger partial charge in [-0.2, -0.15) is 0 Å². The van der Waals surface area contributed by atoms with Crippen LogP contribution < -0.4 is 10.1 Å². The fourth-order valence-electron chi connectivity index (χ4n) is 4.13. The maximum Gasteiger partial charge on any atom is 0.311 e. The van der Waals surface area contributed by atoms with E-state index in [1.807, 2.05) is 6.92 Å². The van der Waals surface area contributed by atoms with Crippen LogP contribution in [0, 0.1) is 11.3 Å². The Bertz CT molecular complexity index is 720. The van der Waals surface area contributed by atoms with Gasteiger partial charge < -0.3 is 20.1 Å². The average Bonchev–Trinajstić information content (AvgIpc) is 3.18. The number of carboxylic acids is 1. The van der Waals surface area contributed by atoms with Crippen LogP contribution in [-0.2, 0) is 9.59 Å². The smallest absolute Gasteiger partial charge is 0.311 e. The molecule has 0 bridgehead atoms. The van der Waals surface area contributed by atoms with Crippen molar-refractivity contribution in [3.8, 4) is 5.75 Å². The number of benzene rings is 1. The highest BCUT2D eigenvalue weighted by Gasteiger charge is 2.55. The van der Waals surface area contributed by atoms with Crippen LogP contribution in [0.15, 0.2) is 24.3 Å². The number of para-hydroxylation sites is 1. The van der Waals surface area contributed by atoms with Gasteiger partial charge in [0.15, 0.2) is 0 Å². The Balaban J connectivity index is 1.60. The van der Waals surface area contributed by atoms with Crippen molar-refractivity contribution in [1.29, 1.82) is 0 Å². The van der Waals surface area contributed by atoms with Crippen molar-refractivity contribution >= 4 is 17.8 Å². The number of rotatable bonds is 6. The van der Waals surface area contributed by atoms with Crippen LogP contribution in [0.1, 0.15) is 36.5 Å². The number of hydrogen-bond acceptors (Lipinski definition) is 4. The van der Waals surface area contributed by atoms with Gasteiger partial charge in [-0.05, 0) is 37.8 Å². The molecular weight excluding hydrogens is 336 g/mol. The number of aliphatic carboxylic acids is 1. The first kappa shape index (κ1) is 18.2. The van der Waals surface area contributed by atoms with Crippen LogP contribution in [0.4, 0.5) is 0 Å². The molecule has 0 radical (unpaired) electrons. The molecule has 0 spiro atoms. The number of ether oxygens (including phenoxy) is 1. The molecule has 0 unspecified atom stereocenters. The third kappa shape index (κ3) is 3.25. The molecule has 1 aliphatic heterocycles. The largest absolute Gasteiger partial charge is 0.493 e. The van der Waals surface area contributed by atoms with E-state index in [4.69, 9.17) is 4.74 Å². The number of fused-ring (bicyclic) bond motifs is 1. The van der Waals surface area contributed by atoms with Gasteiger partial charge in [-0.25, -0.2) is 0 Å². The van der Waals surface area contributed by atoms with Gasteiger partial charge in [0.2, 0.25) is 5.91 Å².